The van der Waals surface area contributed by atoms with Gasteiger partial charge in [0.15, 0.2) is 6.23 Å². The highest BCUT2D eigenvalue weighted by molar-refractivity contribution is 6.30. The first-order valence-corrected chi connectivity index (χ1v) is 8.88. The molecule has 25 heavy (non-hydrogen) atoms. The predicted octanol–water partition coefficient (Wildman–Crippen LogP) is 4.54. The van der Waals surface area contributed by atoms with E-state index in [9.17, 15) is 4.79 Å². The number of carbonyl (C=O) groups is 1. The van der Waals surface area contributed by atoms with Crippen molar-refractivity contribution in [2.24, 2.45) is 0 Å². The fourth-order valence-corrected chi connectivity index (χ4v) is 4.16. The first kappa shape index (κ1) is 16.4. The Labute approximate surface area is 152 Å². The van der Waals surface area contributed by atoms with Gasteiger partial charge < -0.3 is 9.47 Å². The number of ether oxygens (including phenoxy) is 2. The number of halogens is 1. The lowest BCUT2D eigenvalue weighted by molar-refractivity contribution is -0.153. The second kappa shape index (κ2) is 6.36. The highest BCUT2D eigenvalue weighted by Gasteiger charge is 2.41. The van der Waals surface area contributed by atoms with E-state index in [1.54, 1.807) is 0 Å². The minimum absolute atomic E-state index is 0.246. The number of nitrogens with zero attached hydrogens (tertiary/aromatic N) is 1. The Bertz CT molecular complexity index is 822. The molecule has 1 fully saturated rings. The highest BCUT2D eigenvalue weighted by Crippen LogP contribution is 2.50. The van der Waals surface area contributed by atoms with E-state index in [2.05, 4.69) is 11.0 Å². The van der Waals surface area contributed by atoms with Crippen molar-refractivity contribution in [1.82, 2.24) is 4.90 Å². The Hall–Kier alpha value is -2.04. The van der Waals surface area contributed by atoms with E-state index in [1.807, 2.05) is 43.3 Å². The summed E-state index contributed by atoms with van der Waals surface area (Å²) in [6.45, 7) is 4.98. The molecule has 2 aromatic rings. The Morgan fingerprint density at radius 2 is 1.84 bits per heavy atom. The summed E-state index contributed by atoms with van der Waals surface area (Å²) in [4.78, 5) is 13.5. The van der Waals surface area contributed by atoms with Gasteiger partial charge in [-0.15, -0.1) is 0 Å². The van der Waals surface area contributed by atoms with Crippen LogP contribution in [0.5, 0.6) is 11.5 Å². The summed E-state index contributed by atoms with van der Waals surface area (Å²) in [5.74, 6) is 2.00. The fraction of sp³-hybridized carbons (Fsp3) is 0.350. The summed E-state index contributed by atoms with van der Waals surface area (Å²) in [6, 6.07) is 14.0. The summed E-state index contributed by atoms with van der Waals surface area (Å²) in [5, 5.41) is 0.707. The standard InChI is InChI=1S/C20H20ClNO3/c1-12(24-13(2)23)22-10-17-15-5-3-4-6-19(15)25-20-8-7-14(21)9-16(20)18(17)11-22/h3-9,12,17-18H,10-11H2,1-2H3. The molecule has 0 amide bonds. The molecule has 2 aliphatic rings. The minimum Gasteiger partial charge on any atom is -0.457 e. The SMILES string of the molecule is CC(=O)OC(C)N1CC2c3ccccc3Oc3ccc(Cl)cc3C2C1. The molecule has 3 unspecified atom stereocenters. The van der Waals surface area contributed by atoms with Gasteiger partial charge >= 0.3 is 5.97 Å². The molecule has 3 atom stereocenters. The van der Waals surface area contributed by atoms with Crippen LogP contribution in [0.1, 0.15) is 36.8 Å². The smallest absolute Gasteiger partial charge is 0.304 e. The van der Waals surface area contributed by atoms with Crippen LogP contribution in [0.25, 0.3) is 0 Å². The average Bonchev–Trinajstić information content (AvgIpc) is 2.97. The Morgan fingerprint density at radius 1 is 1.16 bits per heavy atom. The number of benzene rings is 2. The zero-order chi connectivity index (χ0) is 17.6. The predicted molar refractivity (Wildman–Crippen MR) is 96.3 cm³/mol. The van der Waals surface area contributed by atoms with Crippen LogP contribution in [0.4, 0.5) is 0 Å². The third-order valence-corrected chi connectivity index (χ3v) is 5.34. The molecule has 1 saturated heterocycles. The minimum atomic E-state index is -0.258. The number of esters is 1. The molecular weight excluding hydrogens is 338 g/mol. The molecule has 4 nitrogen and oxygen atoms in total. The van der Waals surface area contributed by atoms with Gasteiger partial charge in [-0.05, 0) is 36.8 Å². The largest absolute Gasteiger partial charge is 0.457 e. The van der Waals surface area contributed by atoms with Gasteiger partial charge in [0.25, 0.3) is 0 Å². The Balaban J connectivity index is 1.76. The number of fused-ring (bicyclic) bond motifs is 5. The molecular formula is C20H20ClNO3. The molecule has 0 saturated carbocycles. The summed E-state index contributed by atoms with van der Waals surface area (Å²) >= 11 is 6.26. The second-order valence-electron chi connectivity index (χ2n) is 6.70. The zero-order valence-corrected chi connectivity index (χ0v) is 15.0. The number of hydrogen-bond acceptors (Lipinski definition) is 4. The Kier molecular flexibility index (Phi) is 4.18. The lowest BCUT2D eigenvalue weighted by Crippen LogP contribution is -2.34. The van der Waals surface area contributed by atoms with Crippen molar-refractivity contribution in [3.8, 4) is 11.5 Å². The monoisotopic (exact) mass is 357 g/mol. The van der Waals surface area contributed by atoms with Gasteiger partial charge in [0.05, 0.1) is 0 Å². The molecule has 0 N–H and O–H groups in total. The maximum absolute atomic E-state index is 11.3. The van der Waals surface area contributed by atoms with Crippen LogP contribution in [-0.2, 0) is 9.53 Å². The normalized spacial score (nSPS) is 22.8. The number of likely N-dealkylation sites (tertiary alicyclic amines) is 1. The lowest BCUT2D eigenvalue weighted by Gasteiger charge is -2.24. The average molecular weight is 358 g/mol. The van der Waals surface area contributed by atoms with Crippen LogP contribution < -0.4 is 4.74 Å². The number of rotatable bonds is 2. The van der Waals surface area contributed by atoms with Crippen molar-refractivity contribution in [1.29, 1.82) is 0 Å². The van der Waals surface area contributed by atoms with Gasteiger partial charge in [0.1, 0.15) is 11.5 Å². The van der Waals surface area contributed by atoms with Gasteiger partial charge in [-0.1, -0.05) is 29.8 Å². The first-order chi connectivity index (χ1) is 12.0. The van der Waals surface area contributed by atoms with Crippen LogP contribution in [0.2, 0.25) is 5.02 Å². The number of para-hydroxylation sites is 1. The van der Waals surface area contributed by atoms with E-state index in [0.29, 0.717) is 5.02 Å². The third kappa shape index (κ3) is 3.00. The lowest BCUT2D eigenvalue weighted by atomic mass is 9.84. The van der Waals surface area contributed by atoms with E-state index < -0.39 is 0 Å². The molecule has 0 radical (unpaired) electrons. The van der Waals surface area contributed by atoms with Crippen LogP contribution in [-0.4, -0.2) is 30.2 Å². The molecule has 0 bridgehead atoms. The number of hydrogen-bond donors (Lipinski definition) is 0. The van der Waals surface area contributed by atoms with Gasteiger partial charge in [-0.3, -0.25) is 9.69 Å². The quantitative estimate of drug-likeness (QED) is 0.740. The first-order valence-electron chi connectivity index (χ1n) is 8.50. The molecule has 130 valence electrons. The maximum atomic E-state index is 11.3. The molecule has 4 rings (SSSR count). The molecule has 0 spiro atoms. The summed E-state index contributed by atoms with van der Waals surface area (Å²) < 4.78 is 11.6. The molecule has 2 aliphatic heterocycles. The van der Waals surface area contributed by atoms with Crippen LogP contribution >= 0.6 is 11.6 Å². The van der Waals surface area contributed by atoms with Gasteiger partial charge in [-0.2, -0.15) is 0 Å². The number of carbonyl (C=O) groups excluding carboxylic acids is 1. The van der Waals surface area contributed by atoms with Crippen LogP contribution in [0.15, 0.2) is 42.5 Å². The second-order valence-corrected chi connectivity index (χ2v) is 7.13. The fourth-order valence-electron chi connectivity index (χ4n) is 3.98. The van der Waals surface area contributed by atoms with E-state index in [4.69, 9.17) is 21.1 Å². The van der Waals surface area contributed by atoms with Crippen LogP contribution in [0, 0.1) is 0 Å². The molecule has 0 aliphatic carbocycles. The van der Waals surface area contributed by atoms with Crippen molar-refractivity contribution in [3.05, 3.63) is 58.6 Å². The van der Waals surface area contributed by atoms with Crippen molar-refractivity contribution >= 4 is 17.6 Å². The van der Waals surface area contributed by atoms with E-state index >= 15 is 0 Å². The van der Waals surface area contributed by atoms with Gasteiger partial charge in [0, 0.05) is 42.4 Å². The van der Waals surface area contributed by atoms with Gasteiger partial charge in [0.2, 0.25) is 0 Å². The van der Waals surface area contributed by atoms with Gasteiger partial charge in [-0.25, -0.2) is 0 Å². The van der Waals surface area contributed by atoms with E-state index in [0.717, 1.165) is 30.2 Å². The molecule has 0 aromatic heterocycles. The topological polar surface area (TPSA) is 38.8 Å². The molecule has 5 heteroatoms. The van der Waals surface area contributed by atoms with Crippen molar-refractivity contribution < 1.29 is 14.3 Å². The third-order valence-electron chi connectivity index (χ3n) is 5.11. The summed E-state index contributed by atoms with van der Waals surface area (Å²) in [7, 11) is 0. The highest BCUT2D eigenvalue weighted by atomic mass is 35.5. The maximum Gasteiger partial charge on any atom is 0.304 e. The van der Waals surface area contributed by atoms with Crippen LogP contribution in [0.3, 0.4) is 0 Å². The molecule has 2 aromatic carbocycles. The zero-order valence-electron chi connectivity index (χ0n) is 14.2. The molecule has 2 heterocycles. The summed E-state index contributed by atoms with van der Waals surface area (Å²) in [5.41, 5.74) is 2.31. The van der Waals surface area contributed by atoms with E-state index in [-0.39, 0.29) is 24.0 Å². The summed E-state index contributed by atoms with van der Waals surface area (Å²) in [6.07, 6.45) is -0.250. The van der Waals surface area contributed by atoms with Crippen molar-refractivity contribution in [2.45, 2.75) is 31.9 Å². The Morgan fingerprint density at radius 3 is 2.60 bits per heavy atom. The van der Waals surface area contributed by atoms with Crippen molar-refractivity contribution in [3.63, 3.8) is 0 Å². The van der Waals surface area contributed by atoms with Crippen molar-refractivity contribution in [2.75, 3.05) is 13.1 Å². The van der Waals surface area contributed by atoms with E-state index in [1.165, 1.54) is 12.5 Å².